The van der Waals surface area contributed by atoms with Crippen LogP contribution in [0.25, 0.3) is 44.5 Å². The fraction of sp³-hybridized carbons (Fsp3) is 0.167. The number of H-pyrrole nitrogens is 1. The Bertz CT molecular complexity index is 1400. The third-order valence-corrected chi connectivity index (χ3v) is 5.45. The summed E-state index contributed by atoms with van der Waals surface area (Å²) in [6, 6.07) is 11.3. The van der Waals surface area contributed by atoms with Gasteiger partial charge in [0.2, 0.25) is 0 Å². The first-order valence-electron chi connectivity index (χ1n) is 10.4. The van der Waals surface area contributed by atoms with Gasteiger partial charge in [0.15, 0.2) is 0 Å². The summed E-state index contributed by atoms with van der Waals surface area (Å²) in [5.41, 5.74) is 6.47. The number of likely N-dealkylation sites (N-methyl/N-ethyl adjacent to an activating group) is 1. The number of aromatic nitrogens is 6. The maximum atomic E-state index is 13.7. The van der Waals surface area contributed by atoms with E-state index in [9.17, 15) is 4.39 Å². The molecular weight excluding hydrogens is 405 g/mol. The number of nitrogens with one attached hydrogen (secondary N) is 2. The van der Waals surface area contributed by atoms with E-state index in [4.69, 9.17) is 0 Å². The maximum absolute atomic E-state index is 13.7. The van der Waals surface area contributed by atoms with Crippen LogP contribution in [0, 0.1) is 12.7 Å². The minimum atomic E-state index is -0.329. The van der Waals surface area contributed by atoms with Gasteiger partial charge < -0.3 is 5.32 Å². The summed E-state index contributed by atoms with van der Waals surface area (Å²) < 4.78 is 15.6. The first kappa shape index (κ1) is 20.0. The summed E-state index contributed by atoms with van der Waals surface area (Å²) in [6.45, 7) is 3.31. The molecule has 0 fully saturated rings. The average molecular weight is 427 g/mol. The van der Waals surface area contributed by atoms with Crippen molar-refractivity contribution in [3.8, 4) is 33.6 Å². The number of aromatic amines is 1. The van der Waals surface area contributed by atoms with Gasteiger partial charge in [-0.25, -0.2) is 9.37 Å². The maximum Gasteiger partial charge on any atom is 0.144 e. The molecule has 0 amide bonds. The first-order chi connectivity index (χ1) is 15.6. The van der Waals surface area contributed by atoms with Crippen molar-refractivity contribution < 1.29 is 4.39 Å². The standard InChI is InChI=1S/C24H22FN7/c1-15-21(25)4-6-23(30-15)24-20(13-28-31-24)16-3-5-22-17(9-16)10-18(11-27-22)19-12-29-32(14-19)8-7-26-2/h3-6,9-14,26H,7-8H2,1-2H3,(H,28,31). The van der Waals surface area contributed by atoms with E-state index in [1.165, 1.54) is 6.07 Å². The molecule has 0 bridgehead atoms. The smallest absolute Gasteiger partial charge is 0.144 e. The number of rotatable bonds is 6. The quantitative estimate of drug-likeness (QED) is 0.424. The van der Waals surface area contributed by atoms with E-state index in [-0.39, 0.29) is 5.82 Å². The van der Waals surface area contributed by atoms with Gasteiger partial charge in [-0.15, -0.1) is 0 Å². The average Bonchev–Trinajstić information content (AvgIpc) is 3.49. The lowest BCUT2D eigenvalue weighted by Gasteiger charge is -2.06. The van der Waals surface area contributed by atoms with Crippen LogP contribution in [0.15, 0.2) is 61.2 Å². The van der Waals surface area contributed by atoms with Crippen LogP contribution in [-0.4, -0.2) is 43.5 Å². The molecule has 0 spiro atoms. The Morgan fingerprint density at radius 1 is 1.06 bits per heavy atom. The molecule has 0 aliphatic heterocycles. The van der Waals surface area contributed by atoms with Gasteiger partial charge in [-0.2, -0.15) is 10.2 Å². The van der Waals surface area contributed by atoms with Crippen molar-refractivity contribution in [1.82, 2.24) is 35.3 Å². The summed E-state index contributed by atoms with van der Waals surface area (Å²) in [5.74, 6) is -0.329. The van der Waals surface area contributed by atoms with E-state index < -0.39 is 0 Å². The lowest BCUT2D eigenvalue weighted by atomic mass is 10.0. The number of pyridine rings is 2. The lowest BCUT2D eigenvalue weighted by Crippen LogP contribution is -2.14. The van der Waals surface area contributed by atoms with Crippen LogP contribution in [0.1, 0.15) is 5.69 Å². The molecule has 8 heteroatoms. The second kappa shape index (κ2) is 8.32. The third-order valence-electron chi connectivity index (χ3n) is 5.45. The Hall–Kier alpha value is -3.91. The number of hydrogen-bond donors (Lipinski definition) is 2. The second-order valence-electron chi connectivity index (χ2n) is 7.64. The Balaban J connectivity index is 1.52. The normalized spacial score (nSPS) is 11.3. The monoisotopic (exact) mass is 427 g/mol. The van der Waals surface area contributed by atoms with Gasteiger partial charge in [-0.05, 0) is 49.9 Å². The Morgan fingerprint density at radius 3 is 2.78 bits per heavy atom. The zero-order valence-electron chi connectivity index (χ0n) is 17.8. The van der Waals surface area contributed by atoms with Gasteiger partial charge in [0.1, 0.15) is 11.5 Å². The topological polar surface area (TPSA) is 84.3 Å². The summed E-state index contributed by atoms with van der Waals surface area (Å²) in [7, 11) is 1.92. The van der Waals surface area contributed by atoms with Gasteiger partial charge in [-0.1, -0.05) is 6.07 Å². The largest absolute Gasteiger partial charge is 0.318 e. The molecule has 0 radical (unpaired) electrons. The number of benzene rings is 1. The van der Waals surface area contributed by atoms with Gasteiger partial charge in [0.25, 0.3) is 0 Å². The molecule has 160 valence electrons. The molecule has 0 aliphatic rings. The van der Waals surface area contributed by atoms with Crippen molar-refractivity contribution in [2.75, 3.05) is 13.6 Å². The van der Waals surface area contributed by atoms with Gasteiger partial charge in [-0.3, -0.25) is 14.8 Å². The Morgan fingerprint density at radius 2 is 1.94 bits per heavy atom. The van der Waals surface area contributed by atoms with Gasteiger partial charge in [0.05, 0.1) is 29.6 Å². The van der Waals surface area contributed by atoms with E-state index in [2.05, 4.69) is 42.7 Å². The molecule has 0 saturated heterocycles. The van der Waals surface area contributed by atoms with E-state index in [0.717, 1.165) is 46.2 Å². The fourth-order valence-corrected chi connectivity index (χ4v) is 3.70. The highest BCUT2D eigenvalue weighted by Gasteiger charge is 2.14. The molecule has 1 aromatic carbocycles. The highest BCUT2D eigenvalue weighted by atomic mass is 19.1. The zero-order valence-corrected chi connectivity index (χ0v) is 17.8. The molecule has 4 aromatic heterocycles. The number of aryl methyl sites for hydroxylation is 1. The molecule has 0 saturated carbocycles. The molecule has 0 atom stereocenters. The molecule has 2 N–H and O–H groups in total. The minimum absolute atomic E-state index is 0.329. The third kappa shape index (κ3) is 3.76. The number of nitrogens with zero attached hydrogens (tertiary/aromatic N) is 5. The summed E-state index contributed by atoms with van der Waals surface area (Å²) >= 11 is 0. The molecular formula is C24H22FN7. The number of fused-ring (bicyclic) bond motifs is 1. The fourth-order valence-electron chi connectivity index (χ4n) is 3.70. The van der Waals surface area contributed by atoms with Crippen LogP contribution in [0.2, 0.25) is 0 Å². The highest BCUT2D eigenvalue weighted by Crippen LogP contribution is 2.32. The molecule has 0 aliphatic carbocycles. The van der Waals surface area contributed by atoms with E-state index in [1.54, 1.807) is 13.0 Å². The summed E-state index contributed by atoms with van der Waals surface area (Å²) in [6.07, 6.45) is 7.59. The predicted molar refractivity (Wildman–Crippen MR) is 122 cm³/mol. The highest BCUT2D eigenvalue weighted by molar-refractivity contribution is 5.90. The van der Waals surface area contributed by atoms with Crippen LogP contribution >= 0.6 is 0 Å². The zero-order chi connectivity index (χ0) is 22.1. The minimum Gasteiger partial charge on any atom is -0.318 e. The van der Waals surface area contributed by atoms with Crippen LogP contribution in [0.5, 0.6) is 0 Å². The summed E-state index contributed by atoms with van der Waals surface area (Å²) in [5, 5.41) is 15.9. The van der Waals surface area contributed by atoms with Crippen LogP contribution in [0.4, 0.5) is 4.39 Å². The molecule has 5 rings (SSSR count). The molecule has 32 heavy (non-hydrogen) atoms. The van der Waals surface area contributed by atoms with Gasteiger partial charge in [0, 0.05) is 47.2 Å². The first-order valence-corrected chi connectivity index (χ1v) is 10.4. The Kier molecular flexibility index (Phi) is 5.20. The van der Waals surface area contributed by atoms with E-state index in [0.29, 0.717) is 17.1 Å². The van der Waals surface area contributed by atoms with E-state index >= 15 is 0 Å². The predicted octanol–water partition coefficient (Wildman–Crippen LogP) is 4.22. The molecule has 7 nitrogen and oxygen atoms in total. The van der Waals surface area contributed by atoms with Crippen molar-refractivity contribution in [2.45, 2.75) is 13.5 Å². The van der Waals surface area contributed by atoms with Crippen molar-refractivity contribution >= 4 is 10.9 Å². The van der Waals surface area contributed by atoms with Crippen molar-refractivity contribution in [2.24, 2.45) is 0 Å². The SMILES string of the molecule is CNCCn1cc(-c2cnc3ccc(-c4c[nH]nc4-c4ccc(F)c(C)n4)cc3c2)cn1. The van der Waals surface area contributed by atoms with Crippen LogP contribution in [0.3, 0.4) is 0 Å². The summed E-state index contributed by atoms with van der Waals surface area (Å²) in [4.78, 5) is 8.98. The molecule has 4 heterocycles. The number of hydrogen-bond acceptors (Lipinski definition) is 5. The van der Waals surface area contributed by atoms with Gasteiger partial charge >= 0.3 is 0 Å². The van der Waals surface area contributed by atoms with Crippen molar-refractivity contribution in [3.63, 3.8) is 0 Å². The Labute approximate surface area is 184 Å². The van der Waals surface area contributed by atoms with Crippen LogP contribution in [-0.2, 0) is 6.54 Å². The lowest BCUT2D eigenvalue weighted by molar-refractivity contribution is 0.585. The second-order valence-corrected chi connectivity index (χ2v) is 7.64. The van der Waals surface area contributed by atoms with Crippen LogP contribution < -0.4 is 5.32 Å². The van der Waals surface area contributed by atoms with Crippen molar-refractivity contribution in [1.29, 1.82) is 0 Å². The molecule has 5 aromatic rings. The number of halogens is 1. The van der Waals surface area contributed by atoms with E-state index in [1.807, 2.05) is 48.6 Å². The van der Waals surface area contributed by atoms with Crippen molar-refractivity contribution in [3.05, 3.63) is 72.7 Å². The molecule has 0 unspecified atom stereocenters.